The Hall–Kier alpha value is -1.55. The van der Waals surface area contributed by atoms with Crippen molar-refractivity contribution in [2.75, 3.05) is 0 Å². The van der Waals surface area contributed by atoms with Crippen molar-refractivity contribution in [2.24, 2.45) is 0 Å². The Morgan fingerprint density at radius 1 is 1.58 bits per heavy atom. The van der Waals surface area contributed by atoms with Gasteiger partial charge in [0.15, 0.2) is 0 Å². The predicted molar refractivity (Wildman–Crippen MR) is 49.8 cm³/mol. The lowest BCUT2D eigenvalue weighted by molar-refractivity contribution is 1.24. The van der Waals surface area contributed by atoms with E-state index in [4.69, 9.17) is 5.26 Å². The molecule has 60 valence electrons. The van der Waals surface area contributed by atoms with Gasteiger partial charge in [-0.2, -0.15) is 5.26 Å². The monoisotopic (exact) mass is 157 g/mol. The zero-order chi connectivity index (χ0) is 8.97. The Morgan fingerprint density at radius 2 is 2.33 bits per heavy atom. The van der Waals surface area contributed by atoms with E-state index in [2.05, 4.69) is 12.6 Å². The lowest BCUT2D eigenvalue weighted by atomic mass is 10.0. The van der Waals surface area contributed by atoms with Gasteiger partial charge in [-0.05, 0) is 30.5 Å². The lowest BCUT2D eigenvalue weighted by Gasteiger charge is -1.99. The first-order valence-corrected chi connectivity index (χ1v) is 3.88. The van der Waals surface area contributed by atoms with Crippen molar-refractivity contribution >= 4 is 0 Å². The molecule has 0 aliphatic heterocycles. The van der Waals surface area contributed by atoms with Crippen LogP contribution in [0.3, 0.4) is 0 Å². The van der Waals surface area contributed by atoms with Gasteiger partial charge in [0.25, 0.3) is 0 Å². The fourth-order valence-corrected chi connectivity index (χ4v) is 1.14. The third-order valence-corrected chi connectivity index (χ3v) is 1.79. The van der Waals surface area contributed by atoms with E-state index in [0.717, 1.165) is 17.5 Å². The van der Waals surface area contributed by atoms with Crippen molar-refractivity contribution < 1.29 is 0 Å². The Morgan fingerprint density at radius 3 is 2.83 bits per heavy atom. The van der Waals surface area contributed by atoms with Gasteiger partial charge in [-0.25, -0.2) is 0 Å². The molecular weight excluding hydrogens is 146 g/mol. The Balaban J connectivity index is 3.03. The maximum Gasteiger partial charge on any atom is 0.0994 e. The summed E-state index contributed by atoms with van der Waals surface area (Å²) < 4.78 is 0. The summed E-state index contributed by atoms with van der Waals surface area (Å²) in [4.78, 5) is 0. The van der Waals surface area contributed by atoms with Gasteiger partial charge in [-0.3, -0.25) is 0 Å². The molecule has 0 heterocycles. The van der Waals surface area contributed by atoms with E-state index in [1.807, 2.05) is 31.2 Å². The van der Waals surface area contributed by atoms with Gasteiger partial charge in [-0.15, -0.1) is 6.58 Å². The normalized spacial score (nSPS) is 9.00. The summed E-state index contributed by atoms with van der Waals surface area (Å²) in [6.45, 7) is 5.61. The van der Waals surface area contributed by atoms with Crippen molar-refractivity contribution in [1.29, 1.82) is 5.26 Å². The summed E-state index contributed by atoms with van der Waals surface area (Å²) in [5.74, 6) is 0. The molecule has 0 aliphatic rings. The number of allylic oxidation sites excluding steroid dienone is 1. The Kier molecular flexibility index (Phi) is 2.66. The minimum Gasteiger partial charge on any atom is -0.192 e. The van der Waals surface area contributed by atoms with Crippen LogP contribution in [0.5, 0.6) is 0 Å². The van der Waals surface area contributed by atoms with E-state index in [1.54, 1.807) is 0 Å². The molecule has 0 aromatic heterocycles. The van der Waals surface area contributed by atoms with Crippen LogP contribution in [0.15, 0.2) is 30.9 Å². The molecule has 1 heteroatoms. The molecule has 0 N–H and O–H groups in total. The van der Waals surface area contributed by atoms with Crippen LogP contribution in [0.1, 0.15) is 16.7 Å². The van der Waals surface area contributed by atoms with E-state index in [0.29, 0.717) is 0 Å². The van der Waals surface area contributed by atoms with Crippen LogP contribution in [0, 0.1) is 18.3 Å². The maximum atomic E-state index is 8.67. The molecule has 0 saturated heterocycles. The van der Waals surface area contributed by atoms with E-state index < -0.39 is 0 Å². The van der Waals surface area contributed by atoms with Gasteiger partial charge in [0.1, 0.15) is 0 Å². The average molecular weight is 157 g/mol. The number of benzene rings is 1. The average Bonchev–Trinajstić information content (AvgIpc) is 2.05. The summed E-state index contributed by atoms with van der Waals surface area (Å²) in [7, 11) is 0. The van der Waals surface area contributed by atoms with E-state index in [9.17, 15) is 0 Å². The molecule has 1 aromatic rings. The molecule has 0 radical (unpaired) electrons. The molecule has 12 heavy (non-hydrogen) atoms. The highest BCUT2D eigenvalue weighted by molar-refractivity contribution is 5.39. The SMILES string of the molecule is C=CCc1ccc(C#N)c(C)c1. The molecule has 0 spiro atoms. The van der Waals surface area contributed by atoms with Crippen LogP contribution in [-0.4, -0.2) is 0 Å². The standard InChI is InChI=1S/C11H11N/c1-3-4-10-5-6-11(8-12)9(2)7-10/h3,5-7H,1,4H2,2H3. The smallest absolute Gasteiger partial charge is 0.0994 e. The highest BCUT2D eigenvalue weighted by Gasteiger charge is 1.96. The maximum absolute atomic E-state index is 8.67. The van der Waals surface area contributed by atoms with Crippen molar-refractivity contribution in [1.82, 2.24) is 0 Å². The lowest BCUT2D eigenvalue weighted by Crippen LogP contribution is -1.86. The second-order valence-electron chi connectivity index (χ2n) is 2.75. The van der Waals surface area contributed by atoms with Gasteiger partial charge < -0.3 is 0 Å². The molecule has 0 bridgehead atoms. The van der Waals surface area contributed by atoms with Crippen molar-refractivity contribution in [3.63, 3.8) is 0 Å². The van der Waals surface area contributed by atoms with Crippen molar-refractivity contribution in [2.45, 2.75) is 13.3 Å². The van der Waals surface area contributed by atoms with E-state index in [-0.39, 0.29) is 0 Å². The predicted octanol–water partition coefficient (Wildman–Crippen LogP) is 2.60. The van der Waals surface area contributed by atoms with Crippen LogP contribution < -0.4 is 0 Å². The second kappa shape index (κ2) is 3.73. The summed E-state index contributed by atoms with van der Waals surface area (Å²) in [6, 6.07) is 7.99. The first-order valence-electron chi connectivity index (χ1n) is 3.88. The number of rotatable bonds is 2. The molecule has 0 fully saturated rings. The highest BCUT2D eigenvalue weighted by atomic mass is 14.2. The minimum atomic E-state index is 0.753. The van der Waals surface area contributed by atoms with Crippen LogP contribution in [-0.2, 0) is 6.42 Å². The molecule has 0 unspecified atom stereocenters. The molecule has 1 rings (SSSR count). The molecule has 0 atom stereocenters. The molecule has 1 aromatic carbocycles. The van der Waals surface area contributed by atoms with Crippen LogP contribution >= 0.6 is 0 Å². The fourth-order valence-electron chi connectivity index (χ4n) is 1.14. The number of hydrogen-bond acceptors (Lipinski definition) is 1. The number of aryl methyl sites for hydroxylation is 1. The Labute approximate surface area is 73.0 Å². The molecule has 0 amide bonds. The quantitative estimate of drug-likeness (QED) is 0.605. The molecule has 1 nitrogen and oxygen atoms in total. The van der Waals surface area contributed by atoms with Crippen LogP contribution in [0.25, 0.3) is 0 Å². The summed E-state index contributed by atoms with van der Waals surface area (Å²) in [6.07, 6.45) is 2.73. The zero-order valence-corrected chi connectivity index (χ0v) is 7.17. The summed E-state index contributed by atoms with van der Waals surface area (Å²) >= 11 is 0. The minimum absolute atomic E-state index is 0.753. The first-order chi connectivity index (χ1) is 5.77. The third kappa shape index (κ3) is 1.73. The first kappa shape index (κ1) is 8.55. The van der Waals surface area contributed by atoms with Gasteiger partial charge >= 0.3 is 0 Å². The van der Waals surface area contributed by atoms with Crippen LogP contribution in [0.4, 0.5) is 0 Å². The van der Waals surface area contributed by atoms with Gasteiger partial charge in [-0.1, -0.05) is 18.2 Å². The second-order valence-corrected chi connectivity index (χ2v) is 2.75. The fraction of sp³-hybridized carbons (Fsp3) is 0.182. The van der Waals surface area contributed by atoms with Crippen molar-refractivity contribution in [3.8, 4) is 6.07 Å². The van der Waals surface area contributed by atoms with Crippen molar-refractivity contribution in [3.05, 3.63) is 47.5 Å². The number of nitriles is 1. The molecule has 0 saturated carbocycles. The van der Waals surface area contributed by atoms with Crippen LogP contribution in [0.2, 0.25) is 0 Å². The Bertz CT molecular complexity index is 331. The van der Waals surface area contributed by atoms with Gasteiger partial charge in [0.05, 0.1) is 11.6 Å². The highest BCUT2D eigenvalue weighted by Crippen LogP contribution is 2.10. The third-order valence-electron chi connectivity index (χ3n) is 1.79. The topological polar surface area (TPSA) is 23.8 Å². The van der Waals surface area contributed by atoms with Gasteiger partial charge in [0.2, 0.25) is 0 Å². The van der Waals surface area contributed by atoms with Gasteiger partial charge in [0, 0.05) is 0 Å². The summed E-state index contributed by atoms with van der Waals surface area (Å²) in [5.41, 5.74) is 3.00. The molecular formula is C11H11N. The van der Waals surface area contributed by atoms with E-state index >= 15 is 0 Å². The summed E-state index contributed by atoms with van der Waals surface area (Å²) in [5, 5.41) is 8.67. The van der Waals surface area contributed by atoms with E-state index in [1.165, 1.54) is 5.56 Å². The zero-order valence-electron chi connectivity index (χ0n) is 7.17. The number of hydrogen-bond donors (Lipinski definition) is 0. The number of nitrogens with zero attached hydrogens (tertiary/aromatic N) is 1. The molecule has 0 aliphatic carbocycles. The largest absolute Gasteiger partial charge is 0.192 e.